The summed E-state index contributed by atoms with van der Waals surface area (Å²) in [6.07, 6.45) is 7.40. The number of hydrogen-bond acceptors (Lipinski definition) is 7. The number of nitriles is 1. The van der Waals surface area contributed by atoms with E-state index in [1.807, 2.05) is 0 Å². The summed E-state index contributed by atoms with van der Waals surface area (Å²) in [5.41, 5.74) is 16.7. The smallest absolute Gasteiger partial charge is 0.229 e. The molecule has 35 heavy (non-hydrogen) atoms. The number of nitrogens with two attached hydrogens (primary N) is 2. The molecule has 0 amide bonds. The largest absolute Gasteiger partial charge is 0.402 e. The number of aryl methyl sites for hydroxylation is 2. The summed E-state index contributed by atoms with van der Waals surface area (Å²) in [4.78, 5) is 15.4. The molecule has 1 saturated carbocycles. The highest BCUT2D eigenvalue weighted by Gasteiger charge is 2.44. The van der Waals surface area contributed by atoms with Gasteiger partial charge in [0.2, 0.25) is 5.95 Å². The van der Waals surface area contributed by atoms with Crippen molar-refractivity contribution in [2.24, 2.45) is 21.9 Å². The van der Waals surface area contributed by atoms with E-state index in [9.17, 15) is 5.26 Å². The lowest BCUT2D eigenvalue weighted by atomic mass is 9.85. The second-order valence-electron chi connectivity index (χ2n) is 9.88. The van der Waals surface area contributed by atoms with Gasteiger partial charge in [-0.15, -0.1) is 0 Å². The van der Waals surface area contributed by atoms with Crippen molar-refractivity contribution in [1.29, 1.82) is 5.26 Å². The highest BCUT2D eigenvalue weighted by atomic mass is 35.5. The summed E-state index contributed by atoms with van der Waals surface area (Å²) in [5, 5.41) is 13.0. The fourth-order valence-electron chi connectivity index (χ4n) is 4.70. The van der Waals surface area contributed by atoms with Crippen molar-refractivity contribution in [1.82, 2.24) is 14.9 Å². The van der Waals surface area contributed by atoms with Crippen LogP contribution in [0.5, 0.6) is 0 Å². The van der Waals surface area contributed by atoms with E-state index >= 15 is 0 Å². The molecular formula is C26H33ClN8. The molecule has 0 radical (unpaired) electrons. The Labute approximate surface area is 212 Å². The number of allylic oxidation sites excluding steroid dienone is 1. The highest BCUT2D eigenvalue weighted by molar-refractivity contribution is 6.32. The third-order valence-corrected chi connectivity index (χ3v) is 7.11. The normalized spacial score (nSPS) is 18.8. The summed E-state index contributed by atoms with van der Waals surface area (Å²) in [6.45, 7) is 9.01. The van der Waals surface area contributed by atoms with Gasteiger partial charge in [0.25, 0.3) is 0 Å². The molecule has 1 aromatic carbocycles. The number of aliphatic imine (C=N–C) groups is 1. The number of nitrogens with one attached hydrogen (secondary N) is 1. The van der Waals surface area contributed by atoms with Gasteiger partial charge < -0.3 is 21.7 Å². The molecule has 0 atom stereocenters. The Kier molecular flexibility index (Phi) is 7.29. The number of likely N-dealkylation sites (tertiary alicyclic amines) is 1. The Bertz CT molecular complexity index is 1200. The predicted molar refractivity (Wildman–Crippen MR) is 141 cm³/mol. The SMILES string of the molecule is C/C(N)=C/C(N)=Nc1nc(Nc2cc(C)c(C3CCN(CC4(C#N)CC4)CC3)cc2C)ncc1Cl. The van der Waals surface area contributed by atoms with Gasteiger partial charge in [0.1, 0.15) is 10.9 Å². The van der Waals surface area contributed by atoms with E-state index in [4.69, 9.17) is 23.1 Å². The second kappa shape index (κ2) is 10.2. The quantitative estimate of drug-likeness (QED) is 0.373. The topological polar surface area (TPSA) is 129 Å². The van der Waals surface area contributed by atoms with Crippen LogP contribution < -0.4 is 16.8 Å². The van der Waals surface area contributed by atoms with Crippen molar-refractivity contribution in [2.75, 3.05) is 25.0 Å². The van der Waals surface area contributed by atoms with Crippen molar-refractivity contribution >= 4 is 34.9 Å². The Hall–Kier alpha value is -3.15. The van der Waals surface area contributed by atoms with Crippen LogP contribution in [0.25, 0.3) is 0 Å². The van der Waals surface area contributed by atoms with Crippen LogP contribution in [0.2, 0.25) is 5.02 Å². The number of anilines is 2. The molecule has 0 spiro atoms. The third kappa shape index (κ3) is 6.11. The first-order valence-corrected chi connectivity index (χ1v) is 12.4. The van der Waals surface area contributed by atoms with Crippen LogP contribution in [-0.2, 0) is 0 Å². The minimum absolute atomic E-state index is 0.0621. The second-order valence-corrected chi connectivity index (χ2v) is 10.3. The maximum Gasteiger partial charge on any atom is 0.229 e. The van der Waals surface area contributed by atoms with E-state index in [0.29, 0.717) is 22.6 Å². The van der Waals surface area contributed by atoms with E-state index in [2.05, 4.69) is 57.2 Å². The lowest BCUT2D eigenvalue weighted by molar-refractivity contribution is 0.190. The molecule has 2 fully saturated rings. The van der Waals surface area contributed by atoms with Gasteiger partial charge in [0.05, 0.1) is 17.7 Å². The minimum atomic E-state index is -0.0621. The first-order chi connectivity index (χ1) is 16.7. The molecular weight excluding hydrogens is 460 g/mol. The van der Waals surface area contributed by atoms with Gasteiger partial charge in [0, 0.05) is 17.9 Å². The molecule has 0 unspecified atom stereocenters. The molecule has 8 nitrogen and oxygen atoms in total. The van der Waals surface area contributed by atoms with Crippen LogP contribution >= 0.6 is 11.6 Å². The first kappa shape index (κ1) is 25.0. The van der Waals surface area contributed by atoms with E-state index in [0.717, 1.165) is 56.6 Å². The van der Waals surface area contributed by atoms with E-state index in [1.54, 1.807) is 13.0 Å². The summed E-state index contributed by atoms with van der Waals surface area (Å²) < 4.78 is 0. The zero-order valence-electron chi connectivity index (χ0n) is 20.6. The van der Waals surface area contributed by atoms with Gasteiger partial charge in [0.15, 0.2) is 5.82 Å². The lowest BCUT2D eigenvalue weighted by Gasteiger charge is -2.34. The number of nitrogens with zero attached hydrogens (tertiary/aromatic N) is 5. The van der Waals surface area contributed by atoms with Gasteiger partial charge in [-0.05, 0) is 94.3 Å². The van der Waals surface area contributed by atoms with Crippen LogP contribution in [-0.4, -0.2) is 40.3 Å². The van der Waals surface area contributed by atoms with Crippen LogP contribution in [0.1, 0.15) is 55.2 Å². The fourth-order valence-corrected chi connectivity index (χ4v) is 4.84. The van der Waals surface area contributed by atoms with Crippen molar-refractivity contribution < 1.29 is 0 Å². The number of piperidine rings is 1. The molecule has 1 aromatic heterocycles. The molecule has 9 heteroatoms. The van der Waals surface area contributed by atoms with Crippen molar-refractivity contribution in [3.63, 3.8) is 0 Å². The summed E-state index contributed by atoms with van der Waals surface area (Å²) in [7, 11) is 0. The molecule has 2 heterocycles. The maximum atomic E-state index is 9.40. The van der Waals surface area contributed by atoms with Crippen molar-refractivity contribution in [3.8, 4) is 6.07 Å². The van der Waals surface area contributed by atoms with E-state index in [-0.39, 0.29) is 17.1 Å². The molecule has 1 saturated heterocycles. The minimum Gasteiger partial charge on any atom is -0.402 e. The maximum absolute atomic E-state index is 9.40. The standard InChI is InChI=1S/C26H33ClN8/c1-16-11-22(32-25-31-13-21(27)24(34-25)33-23(30)12-18(3)29)17(2)10-20(16)19-4-8-35(9-5-19)15-26(14-28)6-7-26/h10-13,19H,4-9,15,29H2,1-3H3,(H3,30,31,32,33,34)/b18-12-. The predicted octanol–water partition coefficient (Wildman–Crippen LogP) is 4.82. The number of aromatic nitrogens is 2. The number of halogens is 1. The van der Waals surface area contributed by atoms with Gasteiger partial charge in [-0.25, -0.2) is 9.98 Å². The molecule has 0 bridgehead atoms. The highest BCUT2D eigenvalue weighted by Crippen LogP contribution is 2.46. The van der Waals surface area contributed by atoms with Gasteiger partial charge in [-0.2, -0.15) is 10.2 Å². The van der Waals surface area contributed by atoms with Gasteiger partial charge in [-0.1, -0.05) is 17.7 Å². The number of hydrogen-bond donors (Lipinski definition) is 3. The number of benzene rings is 1. The van der Waals surface area contributed by atoms with Crippen LogP contribution in [0.4, 0.5) is 17.5 Å². The Morgan fingerprint density at radius 2 is 2.00 bits per heavy atom. The first-order valence-electron chi connectivity index (χ1n) is 12.0. The summed E-state index contributed by atoms with van der Waals surface area (Å²) in [6, 6.07) is 6.95. The molecule has 4 rings (SSSR count). The average Bonchev–Trinajstić information content (AvgIpc) is 3.58. The Morgan fingerprint density at radius 1 is 1.29 bits per heavy atom. The fraction of sp³-hybridized carbons (Fsp3) is 0.462. The summed E-state index contributed by atoms with van der Waals surface area (Å²) in [5.74, 6) is 1.43. The van der Waals surface area contributed by atoms with E-state index < -0.39 is 0 Å². The molecule has 2 aromatic rings. The average molecular weight is 493 g/mol. The number of amidine groups is 1. The summed E-state index contributed by atoms with van der Waals surface area (Å²) >= 11 is 6.21. The monoisotopic (exact) mass is 492 g/mol. The van der Waals surface area contributed by atoms with Crippen molar-refractivity contribution in [3.05, 3.63) is 51.8 Å². The molecule has 5 N–H and O–H groups in total. The van der Waals surface area contributed by atoms with E-state index in [1.165, 1.54) is 17.3 Å². The molecule has 1 aliphatic heterocycles. The Balaban J connectivity index is 1.46. The van der Waals surface area contributed by atoms with Gasteiger partial charge in [-0.3, -0.25) is 0 Å². The molecule has 1 aliphatic carbocycles. The van der Waals surface area contributed by atoms with Crippen LogP contribution in [0.15, 0.2) is 35.1 Å². The van der Waals surface area contributed by atoms with Crippen LogP contribution in [0.3, 0.4) is 0 Å². The van der Waals surface area contributed by atoms with Gasteiger partial charge >= 0.3 is 0 Å². The zero-order chi connectivity index (χ0) is 25.2. The van der Waals surface area contributed by atoms with Crippen molar-refractivity contribution in [2.45, 2.75) is 52.4 Å². The van der Waals surface area contributed by atoms with Crippen LogP contribution in [0, 0.1) is 30.6 Å². The number of rotatable bonds is 7. The third-order valence-electron chi connectivity index (χ3n) is 6.84. The molecule has 2 aliphatic rings. The molecule has 184 valence electrons. The zero-order valence-corrected chi connectivity index (χ0v) is 21.4. The lowest BCUT2D eigenvalue weighted by Crippen LogP contribution is -2.37. The Morgan fingerprint density at radius 3 is 2.63 bits per heavy atom.